The Hall–Kier alpha value is -6.71. The number of aliphatic imine (C=N–C) groups is 1. The molecule has 0 radical (unpaired) electrons. The zero-order chi connectivity index (χ0) is 49.3. The van der Waals surface area contributed by atoms with Gasteiger partial charge in [0.1, 0.15) is 11.6 Å². The first-order valence-corrected chi connectivity index (χ1v) is 23.1. The molecule has 8 rings (SSSR count). The third-order valence-corrected chi connectivity index (χ3v) is 10.9. The number of nitrogens with zero attached hydrogens (tertiary/aromatic N) is 10. The van der Waals surface area contributed by atoms with Gasteiger partial charge in [0.05, 0.1) is 31.3 Å². The third-order valence-electron chi connectivity index (χ3n) is 10.8. The third kappa shape index (κ3) is 16.5. The highest BCUT2D eigenvalue weighted by Crippen LogP contribution is 2.27. The molecule has 0 unspecified atom stereocenters. The second-order valence-electron chi connectivity index (χ2n) is 17.0. The average Bonchev–Trinajstić information content (AvgIpc) is 3.96. The molecular formula is C54H69ClN12O2. The Morgan fingerprint density at radius 1 is 0.667 bits per heavy atom. The molecule has 0 amide bonds. The quantitative estimate of drug-likeness (QED) is 0.106. The normalized spacial score (nSPS) is 11.2. The smallest absolute Gasteiger partial charge is 0.261 e. The van der Waals surface area contributed by atoms with E-state index in [0.29, 0.717) is 24.7 Å². The van der Waals surface area contributed by atoms with E-state index in [4.69, 9.17) is 11.6 Å². The van der Waals surface area contributed by atoms with Crippen molar-refractivity contribution in [3.05, 3.63) is 137 Å². The molecule has 1 aliphatic heterocycles. The molecule has 364 valence electrons. The summed E-state index contributed by atoms with van der Waals surface area (Å²) in [5.41, 5.74) is 11.9. The largest absolute Gasteiger partial charge is 0.340 e. The number of aromatic nitrogens is 6. The highest BCUT2D eigenvalue weighted by molar-refractivity contribution is 6.64. The van der Waals surface area contributed by atoms with Gasteiger partial charge >= 0.3 is 0 Å². The summed E-state index contributed by atoms with van der Waals surface area (Å²) in [6.45, 7) is 19.8. The van der Waals surface area contributed by atoms with Crippen LogP contribution in [0.4, 0.5) is 23.0 Å². The number of hydrogen-bond acceptors (Lipinski definition) is 13. The molecule has 4 aromatic carbocycles. The first-order chi connectivity index (χ1) is 32.6. The molecule has 3 aromatic heterocycles. The van der Waals surface area contributed by atoms with Crippen LogP contribution in [0.5, 0.6) is 0 Å². The van der Waals surface area contributed by atoms with Crippen molar-refractivity contribution in [2.75, 3.05) is 71.5 Å². The van der Waals surface area contributed by atoms with Gasteiger partial charge in [0.25, 0.3) is 5.91 Å². The molecule has 0 fully saturated rings. The monoisotopic (exact) mass is 953 g/mol. The Bertz CT molecular complexity index is 2810. The van der Waals surface area contributed by atoms with Crippen LogP contribution in [0.15, 0.2) is 109 Å². The number of likely N-dealkylation sites (N-methyl/N-ethyl adjacent to an activating group) is 2. The molecule has 7 aromatic rings. The van der Waals surface area contributed by atoms with Crippen molar-refractivity contribution >= 4 is 62.9 Å². The minimum Gasteiger partial charge on any atom is -0.340 e. The molecule has 4 heterocycles. The lowest BCUT2D eigenvalue weighted by atomic mass is 10.1. The van der Waals surface area contributed by atoms with Crippen LogP contribution in [0.1, 0.15) is 66.4 Å². The molecule has 69 heavy (non-hydrogen) atoms. The van der Waals surface area contributed by atoms with E-state index in [0.717, 1.165) is 57.2 Å². The fraction of sp³-hybridized carbons (Fsp3) is 0.333. The number of carbonyl (C=O) groups is 2. The molecule has 0 bridgehead atoms. The first-order valence-electron chi connectivity index (χ1n) is 22.8. The lowest BCUT2D eigenvalue weighted by molar-refractivity contribution is -0.112. The van der Waals surface area contributed by atoms with E-state index in [1.165, 1.54) is 52.1 Å². The first kappa shape index (κ1) is 54.9. The summed E-state index contributed by atoms with van der Waals surface area (Å²) < 4.78 is 1.45. The Balaban J connectivity index is 0.000000236. The Morgan fingerprint density at radius 3 is 1.67 bits per heavy atom. The maximum Gasteiger partial charge on any atom is 0.261 e. The van der Waals surface area contributed by atoms with Gasteiger partial charge in [-0.3, -0.25) is 14.6 Å². The van der Waals surface area contributed by atoms with E-state index in [-0.39, 0.29) is 18.6 Å². The van der Waals surface area contributed by atoms with Crippen LogP contribution in [0.2, 0.25) is 0 Å². The van der Waals surface area contributed by atoms with E-state index in [1.807, 2.05) is 55.5 Å². The average molecular weight is 954 g/mol. The second kappa shape index (κ2) is 26.7. The van der Waals surface area contributed by atoms with E-state index >= 15 is 0 Å². The fourth-order valence-corrected chi connectivity index (χ4v) is 7.35. The second-order valence-corrected chi connectivity index (χ2v) is 17.4. The van der Waals surface area contributed by atoms with Gasteiger partial charge in [-0.05, 0) is 164 Å². The molecular weight excluding hydrogens is 884 g/mol. The minimum atomic E-state index is -0.315. The molecule has 15 heteroatoms. The number of anilines is 4. The molecule has 0 spiro atoms. The molecule has 0 aliphatic carbocycles. The van der Waals surface area contributed by atoms with Crippen LogP contribution in [0.25, 0.3) is 33.7 Å². The lowest BCUT2D eigenvalue weighted by Gasteiger charge is -2.13. The van der Waals surface area contributed by atoms with Crippen LogP contribution in [-0.4, -0.2) is 123 Å². The van der Waals surface area contributed by atoms with Crippen LogP contribution in [-0.2, 0) is 11.3 Å². The lowest BCUT2D eigenvalue weighted by Crippen LogP contribution is -2.26. The van der Waals surface area contributed by atoms with Crippen LogP contribution in [0.3, 0.4) is 0 Å². The van der Waals surface area contributed by atoms with Crippen molar-refractivity contribution in [3.63, 3.8) is 0 Å². The van der Waals surface area contributed by atoms with E-state index < -0.39 is 0 Å². The van der Waals surface area contributed by atoms with Crippen LogP contribution >= 0.6 is 11.6 Å². The zero-order valence-corrected chi connectivity index (χ0v) is 42.1. The summed E-state index contributed by atoms with van der Waals surface area (Å²) in [7, 11) is 7.31. The SMILES string of the molecule is C.CCN(CC)CC.CN(C)CC(=O)Cl.Cc1ccc(C)c(-c2nccc(Nc3ccc4c(c3)C=NC4)n2)c1.Cc1ccc(C)c(-c2nccc(Nc3ccc4c(cnn4C(=O)CN(C)C)c3)n2)c1. The topological polar surface area (TPSA) is 150 Å². The van der Waals surface area contributed by atoms with Crippen molar-refractivity contribution in [2.24, 2.45) is 4.99 Å². The van der Waals surface area contributed by atoms with Crippen molar-refractivity contribution < 1.29 is 9.59 Å². The predicted octanol–water partition coefficient (Wildman–Crippen LogP) is 10.8. The Labute approximate surface area is 413 Å². The van der Waals surface area contributed by atoms with Crippen molar-refractivity contribution in [1.29, 1.82) is 0 Å². The maximum atomic E-state index is 12.4. The molecule has 2 N–H and O–H groups in total. The van der Waals surface area contributed by atoms with Crippen LogP contribution < -0.4 is 10.6 Å². The molecule has 14 nitrogen and oxygen atoms in total. The van der Waals surface area contributed by atoms with Gasteiger partial charge in [-0.25, -0.2) is 19.9 Å². The van der Waals surface area contributed by atoms with Gasteiger partial charge in [0, 0.05) is 46.5 Å². The number of nitrogens with one attached hydrogen (secondary N) is 2. The molecule has 1 aliphatic rings. The van der Waals surface area contributed by atoms with Crippen LogP contribution in [0, 0.1) is 27.7 Å². The number of fused-ring (bicyclic) bond motifs is 2. The summed E-state index contributed by atoms with van der Waals surface area (Å²) in [4.78, 5) is 50.8. The van der Waals surface area contributed by atoms with Crippen molar-refractivity contribution in [1.82, 2.24) is 44.4 Å². The highest BCUT2D eigenvalue weighted by Gasteiger charge is 2.14. The summed E-state index contributed by atoms with van der Waals surface area (Å²) >= 11 is 4.99. The maximum absolute atomic E-state index is 12.4. The molecule has 0 atom stereocenters. The van der Waals surface area contributed by atoms with E-state index in [9.17, 15) is 9.59 Å². The van der Waals surface area contributed by atoms with Gasteiger partial charge in [-0.15, -0.1) is 0 Å². The summed E-state index contributed by atoms with van der Waals surface area (Å²) in [5.74, 6) is 2.85. The van der Waals surface area contributed by atoms with Gasteiger partial charge < -0.3 is 25.3 Å². The van der Waals surface area contributed by atoms with Gasteiger partial charge in [-0.2, -0.15) is 9.78 Å². The van der Waals surface area contributed by atoms with Gasteiger partial charge in [0.2, 0.25) is 5.24 Å². The number of aryl methyl sites for hydroxylation is 4. The van der Waals surface area contributed by atoms with Crippen molar-refractivity contribution in [3.8, 4) is 22.8 Å². The van der Waals surface area contributed by atoms with Gasteiger partial charge in [0.15, 0.2) is 11.6 Å². The highest BCUT2D eigenvalue weighted by atomic mass is 35.5. The number of hydrogen-bond donors (Lipinski definition) is 2. The Kier molecular flexibility index (Phi) is 21.3. The summed E-state index contributed by atoms with van der Waals surface area (Å²) in [6.07, 6.45) is 7.17. The number of carbonyl (C=O) groups excluding carboxylic acids is 2. The Morgan fingerprint density at radius 2 is 1.19 bits per heavy atom. The van der Waals surface area contributed by atoms with E-state index in [1.54, 1.807) is 37.6 Å². The van der Waals surface area contributed by atoms with Gasteiger partial charge in [-0.1, -0.05) is 69.7 Å². The summed E-state index contributed by atoms with van der Waals surface area (Å²) in [6, 6.07) is 28.4. The van der Waals surface area contributed by atoms with Crippen molar-refractivity contribution in [2.45, 2.75) is 62.4 Å². The zero-order valence-electron chi connectivity index (χ0n) is 41.3. The summed E-state index contributed by atoms with van der Waals surface area (Å²) in [5, 5.41) is 11.5. The fourth-order valence-electron chi connectivity index (χ4n) is 7.11. The minimum absolute atomic E-state index is 0. The van der Waals surface area contributed by atoms with E-state index in [2.05, 4.69) is 149 Å². The number of rotatable bonds is 13. The predicted molar refractivity (Wildman–Crippen MR) is 287 cm³/mol. The standard InChI is InChI=1S/C23H24N6O.C20H18N4.C6H15N.C4H8ClNO.CH4/c1-15-5-6-16(2)19(11-15)23-24-10-9-21(27-23)26-18-7-8-20-17(12-18)13-25-29(20)22(30)14-28(3)4;1-13-3-4-14(2)18(9-13)20-22-8-7-19(24-20)23-17-6-5-15-11-21-12-16(15)10-17;1-4-7(5-2)6-3;1-6(2)3-4(5)7;/h5-13H,14H2,1-4H3,(H,24,26,27);3-10,12H,11H2,1-2H3,(H,22,23,24);4-6H2,1-3H3;3H2,1-2H3;1H4. The number of benzene rings is 4. The molecule has 0 saturated heterocycles. The molecule has 0 saturated carbocycles. The number of halogens is 1.